The fraction of sp³-hybridized carbons (Fsp3) is 0.938. The van der Waals surface area contributed by atoms with Gasteiger partial charge in [0.15, 0.2) is 0 Å². The first-order valence-electron chi connectivity index (χ1n) is 8.20. The van der Waals surface area contributed by atoms with Crippen molar-refractivity contribution in [3.8, 4) is 0 Å². The molecule has 22 heavy (non-hydrogen) atoms. The second-order valence-corrected chi connectivity index (χ2v) is 7.14. The number of carbonyl (C=O) groups excluding carboxylic acids is 1. The van der Waals surface area contributed by atoms with Crippen molar-refractivity contribution in [2.75, 3.05) is 40.4 Å². The largest absolute Gasteiger partial charge is 0.444 e. The van der Waals surface area contributed by atoms with Gasteiger partial charge in [0.1, 0.15) is 5.60 Å². The number of carbonyl (C=O) groups is 1. The van der Waals surface area contributed by atoms with E-state index < -0.39 is 5.60 Å². The van der Waals surface area contributed by atoms with Crippen molar-refractivity contribution >= 4 is 6.09 Å². The minimum Gasteiger partial charge on any atom is -0.444 e. The van der Waals surface area contributed by atoms with Crippen LogP contribution in [0.2, 0.25) is 0 Å². The maximum atomic E-state index is 11.6. The van der Waals surface area contributed by atoms with Crippen LogP contribution in [0.3, 0.4) is 0 Å². The predicted molar refractivity (Wildman–Crippen MR) is 88.2 cm³/mol. The highest BCUT2D eigenvalue weighted by Crippen LogP contribution is 2.09. The molecule has 0 bridgehead atoms. The molecule has 2 unspecified atom stereocenters. The summed E-state index contributed by atoms with van der Waals surface area (Å²) in [6, 6.07) is 0.880. The summed E-state index contributed by atoms with van der Waals surface area (Å²) in [5.41, 5.74) is -0.446. The van der Waals surface area contributed by atoms with E-state index in [0.29, 0.717) is 25.2 Å². The average Bonchev–Trinajstić information content (AvgIpc) is 2.78. The Bertz CT molecular complexity index is 331. The molecule has 0 aliphatic carbocycles. The smallest absolute Gasteiger partial charge is 0.407 e. The Kier molecular flexibility index (Phi) is 8.14. The van der Waals surface area contributed by atoms with Gasteiger partial charge in [0.05, 0.1) is 6.61 Å². The molecule has 0 radical (unpaired) electrons. The zero-order valence-corrected chi connectivity index (χ0v) is 14.8. The van der Waals surface area contributed by atoms with Crippen LogP contribution in [0.1, 0.15) is 40.0 Å². The van der Waals surface area contributed by atoms with E-state index in [1.165, 1.54) is 6.42 Å². The van der Waals surface area contributed by atoms with Gasteiger partial charge in [-0.2, -0.15) is 0 Å². The first-order valence-corrected chi connectivity index (χ1v) is 8.20. The van der Waals surface area contributed by atoms with Gasteiger partial charge in [-0.15, -0.1) is 0 Å². The van der Waals surface area contributed by atoms with E-state index in [9.17, 15) is 4.79 Å². The number of nitrogens with one attached hydrogen (secondary N) is 2. The zero-order valence-electron chi connectivity index (χ0n) is 14.8. The fourth-order valence-corrected chi connectivity index (χ4v) is 2.67. The van der Waals surface area contributed by atoms with Gasteiger partial charge >= 0.3 is 6.09 Å². The summed E-state index contributed by atoms with van der Waals surface area (Å²) < 4.78 is 10.5. The highest BCUT2D eigenvalue weighted by Gasteiger charge is 2.22. The van der Waals surface area contributed by atoms with Gasteiger partial charge in [0.25, 0.3) is 0 Å². The molecule has 0 saturated carbocycles. The molecule has 1 rings (SSSR count). The molecule has 0 aromatic rings. The summed E-state index contributed by atoms with van der Waals surface area (Å²) >= 11 is 0. The first kappa shape index (κ1) is 19.2. The van der Waals surface area contributed by atoms with Crippen molar-refractivity contribution < 1.29 is 14.3 Å². The standard InChI is InChI=1S/C16H33N3O3/c1-16(2,3)22-15(20)17-9-6-7-14(12-21-5)18-13-8-10-19(4)11-13/h13-14,18H,6-12H2,1-5H3,(H,17,20). The number of hydrogen-bond acceptors (Lipinski definition) is 5. The van der Waals surface area contributed by atoms with Crippen LogP contribution in [0.5, 0.6) is 0 Å². The van der Waals surface area contributed by atoms with Crippen LogP contribution in [-0.2, 0) is 9.47 Å². The lowest BCUT2D eigenvalue weighted by atomic mass is 10.1. The quantitative estimate of drug-likeness (QED) is 0.666. The Balaban J connectivity index is 2.19. The normalized spacial score (nSPS) is 20.9. The van der Waals surface area contributed by atoms with E-state index in [1.54, 1.807) is 7.11 Å². The summed E-state index contributed by atoms with van der Waals surface area (Å²) in [7, 11) is 3.88. The van der Waals surface area contributed by atoms with Gasteiger partial charge in [0.2, 0.25) is 0 Å². The Labute approximate surface area is 134 Å². The van der Waals surface area contributed by atoms with Crippen molar-refractivity contribution in [2.24, 2.45) is 0 Å². The summed E-state index contributed by atoms with van der Waals surface area (Å²) in [6.07, 6.45) is 2.72. The van der Waals surface area contributed by atoms with Crippen LogP contribution in [0.15, 0.2) is 0 Å². The highest BCUT2D eigenvalue weighted by atomic mass is 16.6. The molecule has 1 saturated heterocycles. The summed E-state index contributed by atoms with van der Waals surface area (Å²) in [4.78, 5) is 13.9. The molecular formula is C16H33N3O3. The Hall–Kier alpha value is -0.850. The average molecular weight is 315 g/mol. The van der Waals surface area contributed by atoms with E-state index in [0.717, 1.165) is 25.9 Å². The van der Waals surface area contributed by atoms with Gasteiger partial charge in [-0.3, -0.25) is 0 Å². The van der Waals surface area contributed by atoms with Gasteiger partial charge in [-0.05, 0) is 53.6 Å². The molecule has 6 heteroatoms. The SMILES string of the molecule is COCC(CCCNC(=O)OC(C)(C)C)NC1CCN(C)C1. The molecule has 1 aliphatic rings. The molecule has 1 amide bonds. The number of methoxy groups -OCH3 is 1. The van der Waals surface area contributed by atoms with E-state index >= 15 is 0 Å². The number of likely N-dealkylation sites (N-methyl/N-ethyl adjacent to an activating group) is 1. The van der Waals surface area contributed by atoms with Crippen molar-refractivity contribution in [3.63, 3.8) is 0 Å². The van der Waals surface area contributed by atoms with Crippen LogP contribution in [-0.4, -0.2) is 69.1 Å². The number of ether oxygens (including phenoxy) is 2. The second-order valence-electron chi connectivity index (χ2n) is 7.14. The lowest BCUT2D eigenvalue weighted by Gasteiger charge is -2.23. The third kappa shape index (κ3) is 8.56. The van der Waals surface area contributed by atoms with Gasteiger partial charge < -0.3 is 25.0 Å². The van der Waals surface area contributed by atoms with E-state index in [2.05, 4.69) is 22.6 Å². The number of likely N-dealkylation sites (tertiary alicyclic amines) is 1. The number of nitrogens with zero attached hydrogens (tertiary/aromatic N) is 1. The van der Waals surface area contributed by atoms with Gasteiger partial charge in [0, 0.05) is 32.3 Å². The number of rotatable bonds is 8. The van der Waals surface area contributed by atoms with E-state index in [-0.39, 0.29) is 6.09 Å². The van der Waals surface area contributed by atoms with Gasteiger partial charge in [-0.1, -0.05) is 0 Å². The molecular weight excluding hydrogens is 282 g/mol. The molecule has 1 heterocycles. The van der Waals surface area contributed by atoms with E-state index in [4.69, 9.17) is 9.47 Å². The molecule has 130 valence electrons. The van der Waals surface area contributed by atoms with Crippen LogP contribution in [0.4, 0.5) is 4.79 Å². The maximum Gasteiger partial charge on any atom is 0.407 e. The Morgan fingerprint density at radius 2 is 2.14 bits per heavy atom. The lowest BCUT2D eigenvalue weighted by Crippen LogP contribution is -2.42. The molecule has 2 atom stereocenters. The van der Waals surface area contributed by atoms with Crippen molar-refractivity contribution in [1.29, 1.82) is 0 Å². The number of amides is 1. The van der Waals surface area contributed by atoms with Crippen molar-refractivity contribution in [1.82, 2.24) is 15.5 Å². The zero-order chi connectivity index (χ0) is 16.6. The van der Waals surface area contributed by atoms with Crippen molar-refractivity contribution in [3.05, 3.63) is 0 Å². The minimum atomic E-state index is -0.446. The fourth-order valence-electron chi connectivity index (χ4n) is 2.67. The Morgan fingerprint density at radius 1 is 1.41 bits per heavy atom. The summed E-state index contributed by atoms with van der Waals surface area (Å²) in [5.74, 6) is 0. The molecule has 6 nitrogen and oxygen atoms in total. The minimum absolute atomic E-state index is 0.335. The molecule has 0 aromatic carbocycles. The summed E-state index contributed by atoms with van der Waals surface area (Å²) in [5, 5.41) is 6.46. The topological polar surface area (TPSA) is 62.8 Å². The van der Waals surface area contributed by atoms with Crippen LogP contribution >= 0.6 is 0 Å². The maximum absolute atomic E-state index is 11.6. The second kappa shape index (κ2) is 9.33. The molecule has 0 spiro atoms. The third-order valence-corrected chi connectivity index (χ3v) is 3.63. The third-order valence-electron chi connectivity index (χ3n) is 3.63. The van der Waals surface area contributed by atoms with E-state index in [1.807, 2.05) is 20.8 Å². The molecule has 1 aliphatic heterocycles. The molecule has 1 fully saturated rings. The monoisotopic (exact) mass is 315 g/mol. The molecule has 0 aromatic heterocycles. The lowest BCUT2D eigenvalue weighted by molar-refractivity contribution is 0.0526. The van der Waals surface area contributed by atoms with Crippen LogP contribution in [0, 0.1) is 0 Å². The Morgan fingerprint density at radius 3 is 2.68 bits per heavy atom. The predicted octanol–water partition coefficient (Wildman–Crippen LogP) is 1.60. The van der Waals surface area contributed by atoms with Gasteiger partial charge in [-0.25, -0.2) is 4.79 Å². The highest BCUT2D eigenvalue weighted by molar-refractivity contribution is 5.67. The summed E-state index contributed by atoms with van der Waals surface area (Å²) in [6.45, 7) is 9.17. The van der Waals surface area contributed by atoms with Crippen LogP contribution in [0.25, 0.3) is 0 Å². The van der Waals surface area contributed by atoms with Crippen LogP contribution < -0.4 is 10.6 Å². The number of alkyl carbamates (subject to hydrolysis) is 1. The van der Waals surface area contributed by atoms with Crippen molar-refractivity contribution in [2.45, 2.75) is 57.7 Å². The number of hydrogen-bond donors (Lipinski definition) is 2. The first-order chi connectivity index (χ1) is 10.3. The molecule has 2 N–H and O–H groups in total.